The summed E-state index contributed by atoms with van der Waals surface area (Å²) in [6.45, 7) is 13.0. The van der Waals surface area contributed by atoms with Crippen molar-refractivity contribution in [3.05, 3.63) is 159 Å². The quantitative estimate of drug-likeness (QED) is 0.0998. The van der Waals surface area contributed by atoms with Crippen molar-refractivity contribution in [3.8, 4) is 28.0 Å². The molecule has 0 unspecified atom stereocenters. The van der Waals surface area contributed by atoms with Gasteiger partial charge in [0.05, 0.1) is 5.56 Å². The summed E-state index contributed by atoms with van der Waals surface area (Å²) in [6.07, 6.45) is 14.9. The number of nitrogens with zero attached hydrogens (tertiary/aromatic N) is 1. The summed E-state index contributed by atoms with van der Waals surface area (Å²) >= 11 is 0. The summed E-state index contributed by atoms with van der Waals surface area (Å²) in [4.78, 5) is 5.27. The van der Waals surface area contributed by atoms with Crippen LogP contribution in [0.1, 0.15) is 136 Å². The molecule has 0 amide bonds. The van der Waals surface area contributed by atoms with Gasteiger partial charge in [0.25, 0.3) is 0 Å². The molecule has 0 fully saturated rings. The van der Waals surface area contributed by atoms with Crippen molar-refractivity contribution < 1.29 is 4.74 Å². The molecule has 6 aromatic carbocycles. The number of rotatable bonds is 17. The summed E-state index contributed by atoms with van der Waals surface area (Å²) in [7, 11) is 0. The molecular formula is C57H64N2O. The van der Waals surface area contributed by atoms with E-state index >= 15 is 0 Å². The second kappa shape index (κ2) is 19.3. The molecule has 308 valence electrons. The summed E-state index contributed by atoms with van der Waals surface area (Å²) in [5.74, 6) is 2.73. The van der Waals surface area contributed by atoms with Crippen LogP contribution in [0.2, 0.25) is 0 Å². The minimum Gasteiger partial charge on any atom is -0.455 e. The minimum absolute atomic E-state index is 0.787. The van der Waals surface area contributed by atoms with E-state index in [1.165, 1.54) is 118 Å². The highest BCUT2D eigenvalue weighted by atomic mass is 16.5. The third-order valence-corrected chi connectivity index (χ3v) is 12.6. The predicted molar refractivity (Wildman–Crippen MR) is 257 cm³/mol. The number of aliphatic imine (C=N–C) groups is 1. The first kappa shape index (κ1) is 41.3. The molecule has 2 aliphatic heterocycles. The van der Waals surface area contributed by atoms with E-state index in [1.807, 2.05) is 0 Å². The topological polar surface area (TPSA) is 33.6 Å². The van der Waals surface area contributed by atoms with Crippen molar-refractivity contribution in [3.63, 3.8) is 0 Å². The molecule has 3 heteroatoms. The first-order valence-corrected chi connectivity index (χ1v) is 23.2. The molecule has 0 atom stereocenters. The maximum absolute atomic E-state index is 7.65. The highest BCUT2D eigenvalue weighted by Crippen LogP contribution is 2.54. The van der Waals surface area contributed by atoms with Gasteiger partial charge < -0.3 is 10.1 Å². The van der Waals surface area contributed by atoms with E-state index in [1.54, 1.807) is 0 Å². The largest absolute Gasteiger partial charge is 0.455 e. The van der Waals surface area contributed by atoms with Gasteiger partial charge in [0.1, 0.15) is 17.3 Å². The smallest absolute Gasteiger partial charge is 0.147 e. The van der Waals surface area contributed by atoms with Crippen LogP contribution in [0.5, 0.6) is 5.75 Å². The number of hydrogen-bond donors (Lipinski definition) is 1. The Kier molecular flexibility index (Phi) is 13.3. The Morgan fingerprint density at radius 1 is 0.533 bits per heavy atom. The zero-order valence-electron chi connectivity index (χ0n) is 36.9. The van der Waals surface area contributed by atoms with Crippen LogP contribution >= 0.6 is 0 Å². The fraction of sp³-hybridized carbons (Fsp3) is 0.351. The fourth-order valence-electron chi connectivity index (χ4n) is 9.17. The molecule has 0 radical (unpaired) electrons. The zero-order valence-corrected chi connectivity index (χ0v) is 36.9. The van der Waals surface area contributed by atoms with E-state index in [9.17, 15) is 0 Å². The maximum Gasteiger partial charge on any atom is 0.147 e. The number of aryl methyl sites for hydroxylation is 5. The Hall–Kier alpha value is -5.41. The van der Waals surface area contributed by atoms with Crippen LogP contribution in [0, 0.1) is 6.92 Å². The van der Waals surface area contributed by atoms with Gasteiger partial charge >= 0.3 is 0 Å². The Bertz CT molecular complexity index is 2470. The average Bonchev–Trinajstić information content (AvgIpc) is 3.29. The molecule has 0 saturated heterocycles. The lowest BCUT2D eigenvalue weighted by Gasteiger charge is -2.32. The lowest BCUT2D eigenvalue weighted by molar-refractivity contribution is 0.518. The van der Waals surface area contributed by atoms with Gasteiger partial charge in [0.15, 0.2) is 0 Å². The van der Waals surface area contributed by atoms with Crippen molar-refractivity contribution in [1.29, 1.82) is 0 Å². The van der Waals surface area contributed by atoms with E-state index < -0.39 is 0 Å². The molecule has 1 N–H and O–H groups in total. The van der Waals surface area contributed by atoms with Crippen LogP contribution in [0.25, 0.3) is 44.4 Å². The monoisotopic (exact) mass is 793 g/mol. The number of amidine groups is 1. The molecule has 2 heterocycles. The summed E-state index contributed by atoms with van der Waals surface area (Å²) < 4.78 is 7.65. The van der Waals surface area contributed by atoms with E-state index in [4.69, 9.17) is 9.73 Å². The molecule has 0 aromatic heterocycles. The van der Waals surface area contributed by atoms with Crippen molar-refractivity contribution in [2.24, 2.45) is 4.99 Å². The average molecular weight is 793 g/mol. The van der Waals surface area contributed by atoms with Crippen LogP contribution in [-0.4, -0.2) is 18.9 Å². The van der Waals surface area contributed by atoms with E-state index in [-0.39, 0.29) is 0 Å². The normalized spacial score (nSPS) is 13.7. The molecule has 8 rings (SSSR count). The van der Waals surface area contributed by atoms with Gasteiger partial charge in [0.2, 0.25) is 0 Å². The molecule has 0 saturated carbocycles. The highest BCUT2D eigenvalue weighted by Gasteiger charge is 2.34. The van der Waals surface area contributed by atoms with Crippen LogP contribution in [0.4, 0.5) is 0 Å². The van der Waals surface area contributed by atoms with E-state index in [0.29, 0.717) is 0 Å². The molecule has 60 heavy (non-hydrogen) atoms. The van der Waals surface area contributed by atoms with Crippen LogP contribution < -0.4 is 10.1 Å². The highest BCUT2D eigenvalue weighted by molar-refractivity contribution is 6.23. The third kappa shape index (κ3) is 8.73. The van der Waals surface area contributed by atoms with Gasteiger partial charge in [0, 0.05) is 35.2 Å². The fourth-order valence-corrected chi connectivity index (χ4v) is 9.17. The maximum atomic E-state index is 7.65. The number of benzene rings is 6. The summed E-state index contributed by atoms with van der Waals surface area (Å²) in [5, 5.41) is 6.17. The number of ether oxygens (including phenoxy) is 1. The van der Waals surface area contributed by atoms with E-state index in [0.717, 1.165) is 84.6 Å². The predicted octanol–water partition coefficient (Wildman–Crippen LogP) is 14.9. The Morgan fingerprint density at radius 2 is 1.00 bits per heavy atom. The second-order valence-electron chi connectivity index (χ2n) is 17.2. The number of nitrogens with one attached hydrogen (secondary N) is 1. The number of unbranched alkanes of at least 4 members (excludes halogenated alkanes) is 4. The van der Waals surface area contributed by atoms with Gasteiger partial charge in [-0.25, -0.2) is 0 Å². The molecule has 0 aliphatic carbocycles. The lowest BCUT2D eigenvalue weighted by Crippen LogP contribution is -2.31. The van der Waals surface area contributed by atoms with Gasteiger partial charge in [-0.2, -0.15) is 0 Å². The Morgan fingerprint density at radius 3 is 1.47 bits per heavy atom. The number of hydrogen-bond acceptors (Lipinski definition) is 3. The van der Waals surface area contributed by atoms with E-state index in [2.05, 4.69) is 149 Å². The molecular weight excluding hydrogens is 729 g/mol. The van der Waals surface area contributed by atoms with Crippen LogP contribution in [-0.2, 0) is 25.7 Å². The third-order valence-electron chi connectivity index (χ3n) is 12.6. The first-order valence-electron chi connectivity index (χ1n) is 23.2. The minimum atomic E-state index is 0.787. The Balaban J connectivity index is 1.46. The van der Waals surface area contributed by atoms with Gasteiger partial charge in [-0.05, 0) is 126 Å². The lowest BCUT2D eigenvalue weighted by atomic mass is 9.79. The molecule has 6 aromatic rings. The van der Waals surface area contributed by atoms with Crippen LogP contribution in [0.3, 0.4) is 0 Å². The molecule has 0 spiro atoms. The second-order valence-corrected chi connectivity index (χ2v) is 17.2. The van der Waals surface area contributed by atoms with Crippen molar-refractivity contribution in [2.75, 3.05) is 13.1 Å². The molecule has 2 aliphatic rings. The zero-order chi connectivity index (χ0) is 41.4. The van der Waals surface area contributed by atoms with Crippen molar-refractivity contribution >= 4 is 27.9 Å². The van der Waals surface area contributed by atoms with Crippen LogP contribution in [0.15, 0.2) is 114 Å². The van der Waals surface area contributed by atoms with Gasteiger partial charge in [-0.3, -0.25) is 4.99 Å². The van der Waals surface area contributed by atoms with Crippen molar-refractivity contribution in [2.45, 2.75) is 118 Å². The molecule has 3 nitrogen and oxygen atoms in total. The molecule has 0 bridgehead atoms. The summed E-state index contributed by atoms with van der Waals surface area (Å²) in [5.41, 5.74) is 17.3. The Labute approximate surface area is 360 Å². The van der Waals surface area contributed by atoms with Gasteiger partial charge in [-0.1, -0.05) is 163 Å². The van der Waals surface area contributed by atoms with Crippen molar-refractivity contribution in [1.82, 2.24) is 5.32 Å². The van der Waals surface area contributed by atoms with Gasteiger partial charge in [-0.15, -0.1) is 0 Å². The first-order chi connectivity index (χ1) is 29.5. The SMILES string of the molecule is CCCCc1ccc(C2=C(c3ccc(CCCC)cc3)c3cc(C)cc4c(-c5ccc(CCCC)cc5)c(-c5ccc(CCCC)cc5)c(C5=NCCCN5)c(c34)O2)cc1. The standard InChI is InChI=1S/C57H64N2O/c1-6-10-15-40-19-27-44(28-20-40)50-48-37-39(5)38-49-51(45-29-21-41(22-30-45)16-11-7-2)55(47-33-25-43(26-34-47)18-13-9-4)60-56(53(48)49)54(57-58-35-14-36-59-57)52(50)46-31-23-42(24-32-46)17-12-8-3/h19-34,37-38H,6-18,35-36H2,1-5H3,(H,58,59). The summed E-state index contributed by atoms with van der Waals surface area (Å²) in [6, 6.07) is 42.1.